The van der Waals surface area contributed by atoms with Crippen molar-refractivity contribution >= 4 is 17.6 Å². The standard InChI is InChI=1S/C17H23ClN2O2/c1-11(21)13-6-17(7-13)8-15(9-17)20-16(22)19-10-12-2-4-14(18)5-3-12/h2-5,11,13,15,21H,6-10H2,1H3,(H2,19,20,22). The molecule has 1 unspecified atom stereocenters. The van der Waals surface area contributed by atoms with Crippen molar-refractivity contribution in [2.75, 3.05) is 0 Å². The molecule has 0 aromatic heterocycles. The van der Waals surface area contributed by atoms with E-state index in [1.807, 2.05) is 31.2 Å². The zero-order valence-electron chi connectivity index (χ0n) is 12.8. The number of benzene rings is 1. The molecule has 0 saturated heterocycles. The summed E-state index contributed by atoms with van der Waals surface area (Å²) >= 11 is 5.83. The third-order valence-electron chi connectivity index (χ3n) is 5.13. The van der Waals surface area contributed by atoms with Gasteiger partial charge < -0.3 is 15.7 Å². The number of amides is 2. The van der Waals surface area contributed by atoms with Crippen LogP contribution in [0.2, 0.25) is 5.02 Å². The quantitative estimate of drug-likeness (QED) is 0.797. The molecule has 2 aliphatic rings. The monoisotopic (exact) mass is 322 g/mol. The van der Waals surface area contributed by atoms with E-state index in [4.69, 9.17) is 11.6 Å². The van der Waals surface area contributed by atoms with Crippen molar-refractivity contribution in [2.24, 2.45) is 11.3 Å². The molecular formula is C17H23ClN2O2. The Morgan fingerprint density at radius 2 is 1.95 bits per heavy atom. The van der Waals surface area contributed by atoms with Gasteiger partial charge >= 0.3 is 6.03 Å². The van der Waals surface area contributed by atoms with E-state index in [0.29, 0.717) is 22.9 Å². The van der Waals surface area contributed by atoms with Crippen LogP contribution in [0.15, 0.2) is 24.3 Å². The number of hydrogen-bond acceptors (Lipinski definition) is 2. The predicted octanol–water partition coefficient (Wildman–Crippen LogP) is 3.08. The maximum Gasteiger partial charge on any atom is 0.315 e. The van der Waals surface area contributed by atoms with Crippen LogP contribution in [-0.4, -0.2) is 23.3 Å². The first kappa shape index (κ1) is 15.6. The van der Waals surface area contributed by atoms with Gasteiger partial charge in [-0.3, -0.25) is 0 Å². The van der Waals surface area contributed by atoms with Crippen LogP contribution in [0.4, 0.5) is 4.79 Å². The number of aliphatic hydroxyl groups is 1. The summed E-state index contributed by atoms with van der Waals surface area (Å²) in [7, 11) is 0. The fourth-order valence-electron chi connectivity index (χ4n) is 3.84. The smallest absolute Gasteiger partial charge is 0.315 e. The summed E-state index contributed by atoms with van der Waals surface area (Å²) < 4.78 is 0. The van der Waals surface area contributed by atoms with Crippen LogP contribution in [0, 0.1) is 11.3 Å². The summed E-state index contributed by atoms with van der Waals surface area (Å²) in [4.78, 5) is 11.9. The summed E-state index contributed by atoms with van der Waals surface area (Å²) in [5, 5.41) is 16.1. The van der Waals surface area contributed by atoms with Crippen molar-refractivity contribution < 1.29 is 9.90 Å². The van der Waals surface area contributed by atoms with Gasteiger partial charge in [0.05, 0.1) is 6.10 Å². The molecule has 2 saturated carbocycles. The molecule has 0 radical (unpaired) electrons. The molecule has 1 atom stereocenters. The van der Waals surface area contributed by atoms with Gasteiger partial charge in [0.15, 0.2) is 0 Å². The van der Waals surface area contributed by atoms with Crippen molar-refractivity contribution in [2.45, 2.75) is 51.3 Å². The Bertz CT molecular complexity index is 530. The largest absolute Gasteiger partial charge is 0.393 e. The lowest BCUT2D eigenvalue weighted by Crippen LogP contribution is -2.58. The highest BCUT2D eigenvalue weighted by atomic mass is 35.5. The predicted molar refractivity (Wildman–Crippen MR) is 86.7 cm³/mol. The molecule has 3 rings (SSSR count). The van der Waals surface area contributed by atoms with Crippen LogP contribution in [0.1, 0.15) is 38.2 Å². The van der Waals surface area contributed by atoms with Crippen molar-refractivity contribution in [1.29, 1.82) is 0 Å². The Balaban J connectivity index is 1.35. The first-order valence-corrected chi connectivity index (χ1v) is 8.30. The Morgan fingerprint density at radius 1 is 1.32 bits per heavy atom. The topological polar surface area (TPSA) is 61.4 Å². The van der Waals surface area contributed by atoms with Crippen LogP contribution >= 0.6 is 11.6 Å². The molecule has 120 valence electrons. The number of halogens is 1. The molecule has 0 aliphatic heterocycles. The zero-order valence-corrected chi connectivity index (χ0v) is 13.6. The molecule has 2 aliphatic carbocycles. The molecule has 2 amide bonds. The van der Waals surface area contributed by atoms with E-state index in [0.717, 1.165) is 31.2 Å². The van der Waals surface area contributed by atoms with Gasteiger partial charge in [-0.05, 0) is 61.6 Å². The van der Waals surface area contributed by atoms with Gasteiger partial charge in [0, 0.05) is 17.6 Å². The van der Waals surface area contributed by atoms with Crippen LogP contribution in [0.5, 0.6) is 0 Å². The molecular weight excluding hydrogens is 300 g/mol. The van der Waals surface area contributed by atoms with Gasteiger partial charge in [-0.25, -0.2) is 4.79 Å². The minimum atomic E-state index is -0.194. The Hall–Kier alpha value is -1.26. The number of carbonyl (C=O) groups is 1. The Morgan fingerprint density at radius 3 is 2.55 bits per heavy atom. The molecule has 5 heteroatoms. The first-order valence-electron chi connectivity index (χ1n) is 7.93. The van der Waals surface area contributed by atoms with E-state index in [1.165, 1.54) is 0 Å². The second kappa shape index (κ2) is 6.09. The van der Waals surface area contributed by atoms with Gasteiger partial charge in [0.25, 0.3) is 0 Å². The van der Waals surface area contributed by atoms with Crippen molar-refractivity contribution in [1.82, 2.24) is 10.6 Å². The number of nitrogens with one attached hydrogen (secondary N) is 2. The molecule has 1 aromatic rings. The molecule has 3 N–H and O–H groups in total. The van der Waals surface area contributed by atoms with Crippen LogP contribution in [-0.2, 0) is 6.54 Å². The van der Waals surface area contributed by atoms with Gasteiger partial charge in [0.2, 0.25) is 0 Å². The average Bonchev–Trinajstić information content (AvgIpc) is 2.38. The zero-order chi connectivity index (χ0) is 15.7. The SMILES string of the molecule is CC(O)C1CC2(CC(NC(=O)NCc3ccc(Cl)cc3)C2)C1. The fourth-order valence-corrected chi connectivity index (χ4v) is 3.96. The highest BCUT2D eigenvalue weighted by Crippen LogP contribution is 2.59. The number of aliphatic hydroxyl groups excluding tert-OH is 1. The normalized spacial score (nSPS) is 31.0. The maximum absolute atomic E-state index is 11.9. The van der Waals surface area contributed by atoms with E-state index in [9.17, 15) is 9.90 Å². The molecule has 1 aromatic carbocycles. The van der Waals surface area contributed by atoms with Crippen LogP contribution in [0.25, 0.3) is 0 Å². The van der Waals surface area contributed by atoms with Gasteiger partial charge in [-0.15, -0.1) is 0 Å². The lowest BCUT2D eigenvalue weighted by atomic mass is 9.49. The van der Waals surface area contributed by atoms with E-state index in [1.54, 1.807) is 0 Å². The van der Waals surface area contributed by atoms with E-state index >= 15 is 0 Å². The van der Waals surface area contributed by atoms with E-state index in [2.05, 4.69) is 10.6 Å². The molecule has 4 nitrogen and oxygen atoms in total. The van der Waals surface area contributed by atoms with Crippen LogP contribution < -0.4 is 10.6 Å². The molecule has 1 spiro atoms. The number of urea groups is 1. The summed E-state index contributed by atoms with van der Waals surface area (Å²) in [6.45, 7) is 2.38. The minimum Gasteiger partial charge on any atom is -0.393 e. The lowest BCUT2D eigenvalue weighted by molar-refractivity contribution is -0.0877. The third-order valence-corrected chi connectivity index (χ3v) is 5.38. The first-order chi connectivity index (χ1) is 10.5. The van der Waals surface area contributed by atoms with E-state index in [-0.39, 0.29) is 18.2 Å². The van der Waals surface area contributed by atoms with Gasteiger partial charge in [-0.1, -0.05) is 23.7 Å². The molecule has 2 fully saturated rings. The number of carbonyl (C=O) groups excluding carboxylic acids is 1. The summed E-state index contributed by atoms with van der Waals surface area (Å²) in [6.07, 6.45) is 4.11. The lowest BCUT2D eigenvalue weighted by Gasteiger charge is -2.58. The van der Waals surface area contributed by atoms with E-state index < -0.39 is 0 Å². The number of rotatable bonds is 4. The Labute approximate surface area is 136 Å². The summed E-state index contributed by atoms with van der Waals surface area (Å²) in [5.74, 6) is 0.458. The molecule has 0 heterocycles. The second-order valence-electron chi connectivity index (χ2n) is 6.97. The van der Waals surface area contributed by atoms with Crippen molar-refractivity contribution in [3.05, 3.63) is 34.9 Å². The fraction of sp³-hybridized carbons (Fsp3) is 0.588. The summed E-state index contributed by atoms with van der Waals surface area (Å²) in [6, 6.07) is 7.63. The van der Waals surface area contributed by atoms with Crippen molar-refractivity contribution in [3.8, 4) is 0 Å². The van der Waals surface area contributed by atoms with Gasteiger partial charge in [0.1, 0.15) is 0 Å². The average molecular weight is 323 g/mol. The summed E-state index contributed by atoms with van der Waals surface area (Å²) in [5.41, 5.74) is 1.43. The minimum absolute atomic E-state index is 0.110. The maximum atomic E-state index is 11.9. The highest BCUT2D eigenvalue weighted by Gasteiger charge is 2.53. The second-order valence-corrected chi connectivity index (χ2v) is 7.40. The number of hydrogen-bond donors (Lipinski definition) is 3. The third kappa shape index (κ3) is 3.39. The van der Waals surface area contributed by atoms with Gasteiger partial charge in [-0.2, -0.15) is 0 Å². The van der Waals surface area contributed by atoms with Crippen LogP contribution in [0.3, 0.4) is 0 Å². The van der Waals surface area contributed by atoms with Crippen molar-refractivity contribution in [3.63, 3.8) is 0 Å². The Kier molecular flexibility index (Phi) is 4.33. The highest BCUT2D eigenvalue weighted by molar-refractivity contribution is 6.30. The molecule has 0 bridgehead atoms. The molecule has 22 heavy (non-hydrogen) atoms.